The van der Waals surface area contributed by atoms with Crippen molar-refractivity contribution in [2.24, 2.45) is 5.92 Å². The number of piperazine rings is 1. The maximum atomic E-state index is 12.6. The first kappa shape index (κ1) is 20.8. The molecule has 0 saturated carbocycles. The number of hydrogen-bond acceptors (Lipinski definition) is 4. The van der Waals surface area contributed by atoms with Crippen LogP contribution in [0, 0.1) is 5.92 Å². The van der Waals surface area contributed by atoms with Crippen molar-refractivity contribution in [1.82, 2.24) is 13.9 Å². The van der Waals surface area contributed by atoms with E-state index in [1.165, 1.54) is 4.31 Å². The second kappa shape index (κ2) is 9.45. The molecule has 2 rings (SSSR count). The molecule has 1 unspecified atom stereocenters. The third-order valence-electron chi connectivity index (χ3n) is 4.57. The van der Waals surface area contributed by atoms with E-state index >= 15 is 0 Å². The molecule has 1 heterocycles. The van der Waals surface area contributed by atoms with E-state index in [1.807, 2.05) is 6.07 Å². The molecule has 1 saturated heterocycles. The highest BCUT2D eigenvalue weighted by atomic mass is 32.2. The van der Waals surface area contributed by atoms with Crippen LogP contribution >= 0.6 is 0 Å². The van der Waals surface area contributed by atoms with Gasteiger partial charge in [-0.1, -0.05) is 44.2 Å². The van der Waals surface area contributed by atoms with Gasteiger partial charge in [-0.2, -0.15) is 17.4 Å². The lowest BCUT2D eigenvalue weighted by atomic mass is 10.1. The number of benzene rings is 1. The Morgan fingerprint density at radius 1 is 1.15 bits per heavy atom. The van der Waals surface area contributed by atoms with Gasteiger partial charge in [0.25, 0.3) is 10.2 Å². The first-order valence-electron chi connectivity index (χ1n) is 9.04. The summed E-state index contributed by atoms with van der Waals surface area (Å²) in [4.78, 5) is 13.8. The summed E-state index contributed by atoms with van der Waals surface area (Å²) < 4.78 is 28.9. The number of nitrogens with one attached hydrogen (secondary N) is 1. The maximum Gasteiger partial charge on any atom is 0.322 e. The van der Waals surface area contributed by atoms with E-state index in [9.17, 15) is 18.3 Å². The summed E-state index contributed by atoms with van der Waals surface area (Å²) in [5.74, 6) is -0.555. The zero-order valence-electron chi connectivity index (χ0n) is 15.5. The van der Waals surface area contributed by atoms with Gasteiger partial charge in [0.2, 0.25) is 0 Å². The molecule has 146 valence electrons. The summed E-state index contributed by atoms with van der Waals surface area (Å²) in [6.07, 6.45) is 1.20. The van der Waals surface area contributed by atoms with Gasteiger partial charge in [-0.3, -0.25) is 4.79 Å². The van der Waals surface area contributed by atoms with Crippen molar-refractivity contribution in [1.29, 1.82) is 0 Å². The van der Waals surface area contributed by atoms with E-state index in [1.54, 1.807) is 24.3 Å². The minimum atomic E-state index is -3.83. The van der Waals surface area contributed by atoms with Crippen molar-refractivity contribution in [3.8, 4) is 0 Å². The van der Waals surface area contributed by atoms with Gasteiger partial charge in [-0.25, -0.2) is 0 Å². The van der Waals surface area contributed by atoms with Crippen LogP contribution in [-0.2, 0) is 21.4 Å². The summed E-state index contributed by atoms with van der Waals surface area (Å²) in [5.41, 5.74) is 0.779. The minimum absolute atomic E-state index is 0.115. The van der Waals surface area contributed by atoms with Crippen molar-refractivity contribution in [3.63, 3.8) is 0 Å². The van der Waals surface area contributed by atoms with Gasteiger partial charge in [0.05, 0.1) is 0 Å². The monoisotopic (exact) mass is 383 g/mol. The van der Waals surface area contributed by atoms with Crippen LogP contribution in [0.5, 0.6) is 0 Å². The number of nitrogens with zero attached hydrogens (tertiary/aromatic N) is 2. The molecule has 0 spiro atoms. The van der Waals surface area contributed by atoms with Crippen LogP contribution < -0.4 is 4.72 Å². The molecule has 1 aliphatic heterocycles. The zero-order chi connectivity index (χ0) is 19.2. The average molecular weight is 384 g/mol. The number of carboxylic acids is 1. The Hall–Kier alpha value is -1.48. The molecule has 0 radical (unpaired) electrons. The summed E-state index contributed by atoms with van der Waals surface area (Å²) >= 11 is 0. The van der Waals surface area contributed by atoms with Gasteiger partial charge >= 0.3 is 5.97 Å². The highest BCUT2D eigenvalue weighted by Gasteiger charge is 2.31. The Kier molecular flexibility index (Phi) is 7.57. The molecular weight excluding hydrogens is 354 g/mol. The molecule has 0 amide bonds. The fourth-order valence-corrected chi connectivity index (χ4v) is 4.25. The molecule has 0 aliphatic carbocycles. The molecule has 2 N–H and O–H groups in total. The molecule has 1 aromatic rings. The fourth-order valence-electron chi connectivity index (χ4n) is 2.92. The van der Waals surface area contributed by atoms with Crippen LogP contribution in [0.4, 0.5) is 0 Å². The zero-order valence-corrected chi connectivity index (χ0v) is 16.3. The maximum absolute atomic E-state index is 12.6. The Bertz CT molecular complexity index is 671. The number of carbonyl (C=O) groups is 1. The molecule has 1 aliphatic rings. The molecule has 8 heteroatoms. The third-order valence-corrected chi connectivity index (χ3v) is 6.19. The van der Waals surface area contributed by atoms with Gasteiger partial charge in [-0.05, 0) is 30.9 Å². The van der Waals surface area contributed by atoms with Crippen LogP contribution in [0.25, 0.3) is 0 Å². The summed E-state index contributed by atoms with van der Waals surface area (Å²) in [6.45, 7) is 7.40. The van der Waals surface area contributed by atoms with Crippen LogP contribution in [-0.4, -0.2) is 67.5 Å². The molecule has 1 aromatic carbocycles. The van der Waals surface area contributed by atoms with E-state index in [4.69, 9.17) is 0 Å². The number of hydrogen-bond donors (Lipinski definition) is 2. The fraction of sp³-hybridized carbons (Fsp3) is 0.611. The van der Waals surface area contributed by atoms with Crippen LogP contribution in [0.3, 0.4) is 0 Å². The van der Waals surface area contributed by atoms with Crippen LogP contribution in [0.2, 0.25) is 0 Å². The predicted molar refractivity (Wildman–Crippen MR) is 101 cm³/mol. The molecule has 0 bridgehead atoms. The number of rotatable bonds is 9. The lowest BCUT2D eigenvalue weighted by Crippen LogP contribution is -2.55. The molecule has 1 atom stereocenters. The Labute approximate surface area is 156 Å². The van der Waals surface area contributed by atoms with Crippen LogP contribution in [0.1, 0.15) is 25.8 Å². The highest BCUT2D eigenvalue weighted by molar-refractivity contribution is 7.87. The summed E-state index contributed by atoms with van der Waals surface area (Å²) in [6, 6.07) is 7.84. The van der Waals surface area contributed by atoms with Crippen molar-refractivity contribution >= 4 is 16.2 Å². The van der Waals surface area contributed by atoms with Gasteiger partial charge in [0, 0.05) is 26.2 Å². The number of carboxylic acid groups (broad SMARTS) is 1. The van der Waals surface area contributed by atoms with E-state index in [0.717, 1.165) is 18.5 Å². The summed E-state index contributed by atoms with van der Waals surface area (Å²) in [7, 11) is -3.83. The van der Waals surface area contributed by atoms with E-state index in [-0.39, 0.29) is 6.42 Å². The smallest absolute Gasteiger partial charge is 0.322 e. The van der Waals surface area contributed by atoms with Crippen molar-refractivity contribution < 1.29 is 18.3 Å². The standard InChI is InChI=1S/C18H29N3O4S/c1-15(2)8-9-20-10-12-21(13-11-20)26(24,25)19-17(18(22)23)14-16-6-4-3-5-7-16/h3-7,15,17,19H,8-14H2,1-2H3,(H,22,23). The second-order valence-corrected chi connectivity index (χ2v) is 8.83. The lowest BCUT2D eigenvalue weighted by Gasteiger charge is -2.34. The van der Waals surface area contributed by atoms with E-state index < -0.39 is 22.2 Å². The lowest BCUT2D eigenvalue weighted by molar-refractivity contribution is -0.138. The third kappa shape index (κ3) is 6.35. The van der Waals surface area contributed by atoms with E-state index in [0.29, 0.717) is 32.1 Å². The molecule has 7 nitrogen and oxygen atoms in total. The predicted octanol–water partition coefficient (Wildman–Crippen LogP) is 1.18. The normalized spacial score (nSPS) is 18.1. The summed E-state index contributed by atoms with van der Waals surface area (Å²) in [5, 5.41) is 9.41. The largest absolute Gasteiger partial charge is 0.480 e. The quantitative estimate of drug-likeness (QED) is 0.668. The Morgan fingerprint density at radius 2 is 1.77 bits per heavy atom. The molecule has 26 heavy (non-hydrogen) atoms. The topological polar surface area (TPSA) is 90.0 Å². The molecule has 0 aromatic heterocycles. The molecule has 1 fully saturated rings. The van der Waals surface area contributed by atoms with Gasteiger partial charge < -0.3 is 10.0 Å². The van der Waals surface area contributed by atoms with Gasteiger partial charge in [-0.15, -0.1) is 0 Å². The van der Waals surface area contributed by atoms with Crippen molar-refractivity contribution in [3.05, 3.63) is 35.9 Å². The van der Waals surface area contributed by atoms with Crippen molar-refractivity contribution in [2.45, 2.75) is 32.7 Å². The molecular formula is C18H29N3O4S. The highest BCUT2D eigenvalue weighted by Crippen LogP contribution is 2.11. The van der Waals surface area contributed by atoms with Crippen LogP contribution in [0.15, 0.2) is 30.3 Å². The Balaban J connectivity index is 1.93. The average Bonchev–Trinajstić information content (AvgIpc) is 2.60. The first-order chi connectivity index (χ1) is 12.3. The van der Waals surface area contributed by atoms with E-state index in [2.05, 4.69) is 23.5 Å². The minimum Gasteiger partial charge on any atom is -0.480 e. The second-order valence-electron chi connectivity index (χ2n) is 7.13. The van der Waals surface area contributed by atoms with Gasteiger partial charge in [0.1, 0.15) is 6.04 Å². The Morgan fingerprint density at radius 3 is 2.31 bits per heavy atom. The first-order valence-corrected chi connectivity index (χ1v) is 10.5. The SMILES string of the molecule is CC(C)CCN1CCN(S(=O)(=O)NC(Cc2ccccc2)C(=O)O)CC1. The van der Waals surface area contributed by atoms with Gasteiger partial charge in [0.15, 0.2) is 0 Å². The number of aliphatic carboxylic acids is 1. The van der Waals surface area contributed by atoms with Crippen molar-refractivity contribution in [2.75, 3.05) is 32.7 Å².